The maximum Gasteiger partial charge on any atom is 0.0968 e. The number of benzene rings is 1. The number of rotatable bonds is 3. The molecule has 2 aromatic rings. The van der Waals surface area contributed by atoms with Crippen LogP contribution in [0.5, 0.6) is 0 Å². The number of nitrogens with zero attached hydrogens (tertiary/aromatic N) is 2. The smallest absolute Gasteiger partial charge is 0.0968 e. The van der Waals surface area contributed by atoms with Crippen LogP contribution in [-0.2, 0) is 4.74 Å². The Bertz CT molecular complexity index is 621. The van der Waals surface area contributed by atoms with Crippen LogP contribution < -0.4 is 0 Å². The van der Waals surface area contributed by atoms with Crippen LogP contribution in [0, 0.1) is 0 Å². The van der Waals surface area contributed by atoms with E-state index < -0.39 is 6.10 Å². The van der Waals surface area contributed by atoms with E-state index in [0.29, 0.717) is 0 Å². The quantitative estimate of drug-likeness (QED) is 0.941. The van der Waals surface area contributed by atoms with Crippen LogP contribution in [0.3, 0.4) is 0 Å². The fraction of sp³-hybridized carbons (Fsp3) is 0.471. The number of aliphatic hydroxyl groups excluding tert-OH is 1. The molecule has 0 bridgehead atoms. The van der Waals surface area contributed by atoms with Crippen LogP contribution in [0.2, 0.25) is 0 Å². The maximum absolute atomic E-state index is 10.9. The van der Waals surface area contributed by atoms with Crippen molar-refractivity contribution in [3.05, 3.63) is 42.1 Å². The lowest BCUT2D eigenvalue weighted by Crippen LogP contribution is -2.53. The Morgan fingerprint density at radius 3 is 2.76 bits per heavy atom. The van der Waals surface area contributed by atoms with Crippen molar-refractivity contribution in [2.24, 2.45) is 0 Å². The topological polar surface area (TPSA) is 45.6 Å². The highest BCUT2D eigenvalue weighted by Crippen LogP contribution is 2.32. The summed E-state index contributed by atoms with van der Waals surface area (Å²) in [7, 11) is 0. The van der Waals surface area contributed by atoms with Gasteiger partial charge in [-0.05, 0) is 37.6 Å². The van der Waals surface area contributed by atoms with Crippen molar-refractivity contribution in [3.63, 3.8) is 0 Å². The van der Waals surface area contributed by atoms with Crippen molar-refractivity contribution < 1.29 is 9.84 Å². The van der Waals surface area contributed by atoms with Crippen molar-refractivity contribution in [2.75, 3.05) is 26.3 Å². The van der Waals surface area contributed by atoms with Crippen LogP contribution in [-0.4, -0.2) is 46.8 Å². The summed E-state index contributed by atoms with van der Waals surface area (Å²) in [5, 5.41) is 11.9. The molecule has 0 saturated carbocycles. The van der Waals surface area contributed by atoms with Gasteiger partial charge in [0.15, 0.2) is 0 Å². The third-order valence-electron chi connectivity index (χ3n) is 4.44. The molecule has 1 aromatic carbocycles. The second-order valence-electron chi connectivity index (χ2n) is 6.11. The van der Waals surface area contributed by atoms with Crippen molar-refractivity contribution in [2.45, 2.75) is 25.5 Å². The molecule has 21 heavy (non-hydrogen) atoms. The van der Waals surface area contributed by atoms with Gasteiger partial charge in [-0.25, -0.2) is 0 Å². The molecule has 3 rings (SSSR count). The van der Waals surface area contributed by atoms with Crippen LogP contribution in [0.4, 0.5) is 0 Å². The first-order valence-electron chi connectivity index (χ1n) is 7.44. The summed E-state index contributed by atoms with van der Waals surface area (Å²) in [6.45, 7) is 7.38. The van der Waals surface area contributed by atoms with Crippen molar-refractivity contribution in [3.8, 4) is 0 Å². The third kappa shape index (κ3) is 2.79. The highest BCUT2D eigenvalue weighted by atomic mass is 16.5. The molecule has 0 amide bonds. The van der Waals surface area contributed by atoms with Gasteiger partial charge in [-0.1, -0.05) is 12.1 Å². The summed E-state index contributed by atoms with van der Waals surface area (Å²) in [6, 6.07) is 9.94. The lowest BCUT2D eigenvalue weighted by molar-refractivity contribution is -0.0630. The van der Waals surface area contributed by atoms with Gasteiger partial charge < -0.3 is 9.84 Å². The maximum atomic E-state index is 10.9. The Hall–Kier alpha value is -1.49. The molecule has 112 valence electrons. The molecule has 1 aromatic heterocycles. The summed E-state index contributed by atoms with van der Waals surface area (Å²) >= 11 is 0. The van der Waals surface area contributed by atoms with Gasteiger partial charge in [0.25, 0.3) is 0 Å². The van der Waals surface area contributed by atoms with Gasteiger partial charge in [-0.15, -0.1) is 0 Å². The Balaban J connectivity index is 1.89. The molecule has 0 radical (unpaired) electrons. The Labute approximate surface area is 125 Å². The lowest BCUT2D eigenvalue weighted by Gasteiger charge is -2.43. The van der Waals surface area contributed by atoms with Gasteiger partial charge >= 0.3 is 0 Å². The largest absolute Gasteiger partial charge is 0.386 e. The van der Waals surface area contributed by atoms with E-state index in [-0.39, 0.29) is 5.54 Å². The summed E-state index contributed by atoms with van der Waals surface area (Å²) in [6.07, 6.45) is 1.25. The first-order valence-corrected chi connectivity index (χ1v) is 7.44. The molecule has 2 heterocycles. The van der Waals surface area contributed by atoms with E-state index in [0.717, 1.165) is 42.8 Å². The van der Waals surface area contributed by atoms with Crippen LogP contribution >= 0.6 is 0 Å². The number of aliphatic hydroxyl groups is 1. The highest BCUT2D eigenvalue weighted by molar-refractivity contribution is 5.79. The van der Waals surface area contributed by atoms with Crippen LogP contribution in [0.25, 0.3) is 10.9 Å². The number of fused-ring (bicyclic) bond motifs is 1. The molecule has 4 nitrogen and oxygen atoms in total. The zero-order valence-corrected chi connectivity index (χ0v) is 12.6. The summed E-state index contributed by atoms with van der Waals surface area (Å²) in [4.78, 5) is 6.63. The number of hydrogen-bond acceptors (Lipinski definition) is 4. The second kappa shape index (κ2) is 5.72. The van der Waals surface area contributed by atoms with E-state index in [1.54, 1.807) is 6.20 Å². The zero-order valence-electron chi connectivity index (χ0n) is 12.6. The molecule has 4 heteroatoms. The highest BCUT2D eigenvalue weighted by Gasteiger charge is 2.36. The van der Waals surface area contributed by atoms with E-state index in [4.69, 9.17) is 4.74 Å². The number of ether oxygens (including phenoxy) is 1. The van der Waals surface area contributed by atoms with E-state index in [2.05, 4.69) is 23.7 Å². The first-order chi connectivity index (χ1) is 10.1. The predicted molar refractivity (Wildman–Crippen MR) is 83.2 cm³/mol. The van der Waals surface area contributed by atoms with Gasteiger partial charge in [0.2, 0.25) is 0 Å². The van der Waals surface area contributed by atoms with Crippen molar-refractivity contribution >= 4 is 10.9 Å². The standard InChI is InChI=1S/C17H22N2O2/c1-17(2,19-8-10-21-11-9-19)16(20)14-5-6-15-13(12-14)4-3-7-18-15/h3-7,12,16,20H,8-11H2,1-2H3. The van der Waals surface area contributed by atoms with E-state index in [1.165, 1.54) is 0 Å². The molecular formula is C17H22N2O2. The number of pyridine rings is 1. The normalized spacial score (nSPS) is 18.8. The first kappa shape index (κ1) is 14.4. The van der Waals surface area contributed by atoms with Crippen LogP contribution in [0.1, 0.15) is 25.5 Å². The predicted octanol–water partition coefficient (Wildman–Crippen LogP) is 2.38. The molecule has 1 aliphatic heterocycles. The van der Waals surface area contributed by atoms with E-state index in [9.17, 15) is 5.11 Å². The number of aromatic nitrogens is 1. The molecule has 0 spiro atoms. The Morgan fingerprint density at radius 2 is 2.00 bits per heavy atom. The molecule has 1 N–H and O–H groups in total. The SMILES string of the molecule is CC(C)(C(O)c1ccc2ncccc2c1)N1CCOCC1. The zero-order chi connectivity index (χ0) is 14.9. The monoisotopic (exact) mass is 286 g/mol. The molecule has 1 unspecified atom stereocenters. The minimum absolute atomic E-state index is 0.320. The Kier molecular flexibility index (Phi) is 3.93. The molecular weight excluding hydrogens is 264 g/mol. The second-order valence-corrected chi connectivity index (χ2v) is 6.11. The average molecular weight is 286 g/mol. The van der Waals surface area contributed by atoms with Crippen LogP contribution in [0.15, 0.2) is 36.5 Å². The molecule has 1 atom stereocenters. The Morgan fingerprint density at radius 1 is 1.24 bits per heavy atom. The molecule has 1 fully saturated rings. The summed E-state index contributed by atoms with van der Waals surface area (Å²) < 4.78 is 5.41. The molecule has 1 aliphatic rings. The van der Waals surface area contributed by atoms with Gasteiger partial charge in [-0.2, -0.15) is 0 Å². The average Bonchev–Trinajstić information content (AvgIpc) is 2.54. The minimum atomic E-state index is -0.541. The van der Waals surface area contributed by atoms with Crippen molar-refractivity contribution in [1.82, 2.24) is 9.88 Å². The fourth-order valence-corrected chi connectivity index (χ4v) is 2.98. The van der Waals surface area contributed by atoms with Gasteiger partial charge in [0, 0.05) is 30.2 Å². The minimum Gasteiger partial charge on any atom is -0.386 e. The van der Waals surface area contributed by atoms with Gasteiger partial charge in [0.05, 0.1) is 24.8 Å². The lowest BCUT2D eigenvalue weighted by atomic mass is 9.88. The molecule has 1 saturated heterocycles. The summed E-state index contributed by atoms with van der Waals surface area (Å²) in [5.74, 6) is 0. The summed E-state index contributed by atoms with van der Waals surface area (Å²) in [5.41, 5.74) is 1.57. The van der Waals surface area contributed by atoms with Gasteiger partial charge in [0.1, 0.15) is 0 Å². The fourth-order valence-electron chi connectivity index (χ4n) is 2.98. The van der Waals surface area contributed by atoms with E-state index in [1.807, 2.05) is 30.3 Å². The van der Waals surface area contributed by atoms with Crippen molar-refractivity contribution in [1.29, 1.82) is 0 Å². The number of morpholine rings is 1. The number of hydrogen-bond donors (Lipinski definition) is 1. The van der Waals surface area contributed by atoms with E-state index >= 15 is 0 Å². The van der Waals surface area contributed by atoms with Gasteiger partial charge in [-0.3, -0.25) is 9.88 Å². The molecule has 0 aliphatic carbocycles. The third-order valence-corrected chi connectivity index (χ3v) is 4.44.